The number of imidazole rings is 1. The van der Waals surface area contributed by atoms with Crippen molar-refractivity contribution < 1.29 is 9.53 Å². The zero-order chi connectivity index (χ0) is 19.4. The van der Waals surface area contributed by atoms with E-state index in [1.807, 2.05) is 37.6 Å². The van der Waals surface area contributed by atoms with Crippen LogP contribution in [0, 0.1) is 11.5 Å². The minimum absolute atomic E-state index is 0.411. The van der Waals surface area contributed by atoms with E-state index in [2.05, 4.69) is 51.7 Å². The summed E-state index contributed by atoms with van der Waals surface area (Å²) in [7, 11) is -1.48. The second-order valence-corrected chi connectivity index (χ2v) is 12.7. The molecule has 8 heteroatoms. The predicted octanol–water partition coefficient (Wildman–Crippen LogP) is 2.89. The molecule has 0 aliphatic carbocycles. The third-order valence-electron chi connectivity index (χ3n) is 3.03. The molecule has 0 bridgehead atoms. The number of carbonyl (C=O) groups excluding carboxylic acids is 1. The maximum Gasteiger partial charge on any atom is 0.407 e. The van der Waals surface area contributed by atoms with Crippen LogP contribution in [0.15, 0.2) is 18.6 Å². The Balaban J connectivity index is 2.03. The van der Waals surface area contributed by atoms with Crippen LogP contribution in [-0.4, -0.2) is 47.2 Å². The summed E-state index contributed by atoms with van der Waals surface area (Å²) >= 11 is 0. The van der Waals surface area contributed by atoms with Crippen LogP contribution in [0.2, 0.25) is 19.6 Å². The Morgan fingerprint density at radius 2 is 2.04 bits per heavy atom. The number of alkyl carbamates (subject to hydrolysis) is 1. The molecule has 0 saturated heterocycles. The van der Waals surface area contributed by atoms with Crippen molar-refractivity contribution in [2.45, 2.75) is 46.0 Å². The SMILES string of the molecule is CC(C)(C)OC(=O)NCCNc1nc(C#C[Si](C)(C)C)cn2ccnc12. The summed E-state index contributed by atoms with van der Waals surface area (Å²) in [4.78, 5) is 20.5. The molecule has 7 nitrogen and oxygen atoms in total. The first-order valence-corrected chi connectivity index (χ1v) is 12.1. The summed E-state index contributed by atoms with van der Waals surface area (Å²) in [5.41, 5.74) is 4.23. The Bertz CT molecular complexity index is 837. The average Bonchev–Trinajstić information content (AvgIpc) is 2.95. The topological polar surface area (TPSA) is 80.5 Å². The molecule has 0 saturated carbocycles. The number of nitrogens with one attached hydrogen (secondary N) is 2. The highest BCUT2D eigenvalue weighted by molar-refractivity contribution is 6.83. The number of ether oxygens (including phenoxy) is 1. The van der Waals surface area contributed by atoms with Crippen LogP contribution in [-0.2, 0) is 4.74 Å². The number of amides is 1. The second kappa shape index (κ2) is 7.79. The molecule has 0 atom stereocenters. The van der Waals surface area contributed by atoms with Gasteiger partial charge in [0.1, 0.15) is 19.4 Å². The van der Waals surface area contributed by atoms with Crippen molar-refractivity contribution in [3.8, 4) is 11.5 Å². The normalized spacial score (nSPS) is 11.6. The zero-order valence-electron chi connectivity index (χ0n) is 16.3. The number of anilines is 1. The lowest BCUT2D eigenvalue weighted by Crippen LogP contribution is -2.35. The summed E-state index contributed by atoms with van der Waals surface area (Å²) in [6.07, 6.45) is 5.02. The number of fused-ring (bicyclic) bond motifs is 1. The molecule has 0 aromatic carbocycles. The quantitative estimate of drug-likeness (QED) is 0.489. The van der Waals surface area contributed by atoms with Crippen LogP contribution in [0.5, 0.6) is 0 Å². The molecule has 0 radical (unpaired) electrons. The van der Waals surface area contributed by atoms with Crippen LogP contribution in [0.3, 0.4) is 0 Å². The molecule has 0 fully saturated rings. The van der Waals surface area contributed by atoms with Gasteiger partial charge in [0.25, 0.3) is 0 Å². The highest BCUT2D eigenvalue weighted by atomic mass is 28.3. The molecule has 140 valence electrons. The number of aromatic nitrogens is 3. The van der Waals surface area contributed by atoms with E-state index in [1.165, 1.54) is 0 Å². The first-order valence-electron chi connectivity index (χ1n) is 8.61. The summed E-state index contributed by atoms with van der Waals surface area (Å²) in [5.74, 6) is 3.81. The lowest BCUT2D eigenvalue weighted by molar-refractivity contribution is 0.0530. The smallest absolute Gasteiger partial charge is 0.407 e. The fourth-order valence-electron chi connectivity index (χ4n) is 2.02. The number of carbonyl (C=O) groups is 1. The molecule has 2 rings (SSSR count). The largest absolute Gasteiger partial charge is 0.444 e. The van der Waals surface area contributed by atoms with Crippen LogP contribution in [0.4, 0.5) is 10.6 Å². The number of nitrogens with zero attached hydrogens (tertiary/aromatic N) is 3. The Morgan fingerprint density at radius 1 is 1.31 bits per heavy atom. The monoisotopic (exact) mass is 373 g/mol. The van der Waals surface area contributed by atoms with E-state index in [1.54, 1.807) is 6.20 Å². The Labute approximate surface area is 155 Å². The van der Waals surface area contributed by atoms with Gasteiger partial charge in [-0.05, 0) is 20.8 Å². The van der Waals surface area contributed by atoms with E-state index in [0.717, 1.165) is 5.65 Å². The van der Waals surface area contributed by atoms with Gasteiger partial charge in [-0.1, -0.05) is 25.6 Å². The summed E-state index contributed by atoms with van der Waals surface area (Å²) in [6, 6.07) is 0. The fourth-order valence-corrected chi connectivity index (χ4v) is 2.52. The minimum atomic E-state index is -1.48. The first-order chi connectivity index (χ1) is 12.0. The van der Waals surface area contributed by atoms with Crippen LogP contribution < -0.4 is 10.6 Å². The molecule has 0 aliphatic heterocycles. The van der Waals surface area contributed by atoms with Gasteiger partial charge in [-0.3, -0.25) is 0 Å². The lowest BCUT2D eigenvalue weighted by Gasteiger charge is -2.19. The average molecular weight is 374 g/mol. The third kappa shape index (κ3) is 6.41. The van der Waals surface area contributed by atoms with E-state index >= 15 is 0 Å². The van der Waals surface area contributed by atoms with E-state index in [0.29, 0.717) is 24.6 Å². The molecule has 26 heavy (non-hydrogen) atoms. The minimum Gasteiger partial charge on any atom is -0.444 e. The van der Waals surface area contributed by atoms with Crippen molar-refractivity contribution in [3.05, 3.63) is 24.3 Å². The molecule has 0 aliphatic rings. The molecule has 2 aromatic heterocycles. The first kappa shape index (κ1) is 19.8. The van der Waals surface area contributed by atoms with Gasteiger partial charge in [-0.15, -0.1) is 5.54 Å². The standard InChI is InChI=1S/C18H27N5O2Si/c1-18(2,3)25-17(24)21-9-8-19-15-16-20-10-11-23(16)13-14(22-15)7-12-26(4,5)6/h10-11,13H,8-9H2,1-6H3,(H,19,22)(H,21,24). The third-order valence-corrected chi connectivity index (χ3v) is 3.90. The maximum absolute atomic E-state index is 11.7. The zero-order valence-corrected chi connectivity index (χ0v) is 17.3. The van der Waals surface area contributed by atoms with Crippen molar-refractivity contribution in [3.63, 3.8) is 0 Å². The molecule has 2 N–H and O–H groups in total. The number of hydrogen-bond acceptors (Lipinski definition) is 5. The van der Waals surface area contributed by atoms with Crippen molar-refractivity contribution in [1.29, 1.82) is 0 Å². The van der Waals surface area contributed by atoms with Crippen LogP contribution in [0.25, 0.3) is 5.65 Å². The van der Waals surface area contributed by atoms with Gasteiger partial charge in [0.15, 0.2) is 11.5 Å². The molecular weight excluding hydrogens is 346 g/mol. The van der Waals surface area contributed by atoms with E-state index in [-0.39, 0.29) is 0 Å². The van der Waals surface area contributed by atoms with Gasteiger partial charge < -0.3 is 19.8 Å². The Kier molecular flexibility index (Phi) is 5.93. The molecule has 2 heterocycles. The lowest BCUT2D eigenvalue weighted by atomic mass is 10.2. The predicted molar refractivity (Wildman–Crippen MR) is 106 cm³/mol. The van der Waals surface area contributed by atoms with E-state index < -0.39 is 19.8 Å². The van der Waals surface area contributed by atoms with Gasteiger partial charge >= 0.3 is 6.09 Å². The van der Waals surface area contributed by atoms with Crippen molar-refractivity contribution in [1.82, 2.24) is 19.7 Å². The summed E-state index contributed by atoms with van der Waals surface area (Å²) in [5, 5.41) is 5.92. The fraction of sp³-hybridized carbons (Fsp3) is 0.500. The molecule has 2 aromatic rings. The van der Waals surface area contributed by atoms with Crippen molar-refractivity contribution >= 4 is 25.6 Å². The van der Waals surface area contributed by atoms with Gasteiger partial charge in [-0.2, -0.15) is 0 Å². The highest BCUT2D eigenvalue weighted by Crippen LogP contribution is 2.13. The molecular formula is C18H27N5O2Si. The van der Waals surface area contributed by atoms with Gasteiger partial charge in [-0.25, -0.2) is 14.8 Å². The van der Waals surface area contributed by atoms with Crippen LogP contribution in [0.1, 0.15) is 26.5 Å². The van der Waals surface area contributed by atoms with Gasteiger partial charge in [0.2, 0.25) is 0 Å². The molecule has 0 unspecified atom stereocenters. The van der Waals surface area contributed by atoms with Gasteiger partial charge in [0, 0.05) is 31.7 Å². The van der Waals surface area contributed by atoms with Crippen LogP contribution >= 0.6 is 0 Å². The van der Waals surface area contributed by atoms with E-state index in [9.17, 15) is 4.79 Å². The van der Waals surface area contributed by atoms with Crippen molar-refractivity contribution in [2.75, 3.05) is 18.4 Å². The Morgan fingerprint density at radius 3 is 2.69 bits per heavy atom. The Hall–Kier alpha value is -2.53. The van der Waals surface area contributed by atoms with Crippen molar-refractivity contribution in [2.24, 2.45) is 0 Å². The highest BCUT2D eigenvalue weighted by Gasteiger charge is 2.15. The maximum atomic E-state index is 11.7. The van der Waals surface area contributed by atoms with E-state index in [4.69, 9.17) is 4.74 Å². The summed E-state index contributed by atoms with van der Waals surface area (Å²) in [6.45, 7) is 13.0. The molecule has 0 spiro atoms. The molecule has 1 amide bonds. The second-order valence-electron chi connectivity index (χ2n) is 7.99. The number of hydrogen-bond donors (Lipinski definition) is 2. The summed E-state index contributed by atoms with van der Waals surface area (Å²) < 4.78 is 7.10. The van der Waals surface area contributed by atoms with Gasteiger partial charge in [0.05, 0.1) is 0 Å². The number of rotatable bonds is 4.